The first-order valence-corrected chi connectivity index (χ1v) is 4.70. The zero-order chi connectivity index (χ0) is 11.3. The third kappa shape index (κ3) is 3.59. The number of benzene rings is 1. The van der Waals surface area contributed by atoms with E-state index in [0.717, 1.165) is 5.56 Å². The third-order valence-corrected chi connectivity index (χ3v) is 2.02. The summed E-state index contributed by atoms with van der Waals surface area (Å²) in [6.45, 7) is 1.63. The number of rotatable bonds is 4. The van der Waals surface area contributed by atoms with E-state index < -0.39 is 6.10 Å². The van der Waals surface area contributed by atoms with E-state index in [9.17, 15) is 9.90 Å². The molecule has 0 bridgehead atoms. The normalized spacial score (nSPS) is 11.9. The van der Waals surface area contributed by atoms with Crippen molar-refractivity contribution in [3.63, 3.8) is 0 Å². The average molecular weight is 209 g/mol. The fourth-order valence-corrected chi connectivity index (χ4v) is 1.21. The highest BCUT2D eigenvalue weighted by Gasteiger charge is 2.08. The van der Waals surface area contributed by atoms with Gasteiger partial charge in [0.2, 0.25) is 5.91 Å². The van der Waals surface area contributed by atoms with Gasteiger partial charge in [0.25, 0.3) is 0 Å². The molecule has 0 aromatic heterocycles. The van der Waals surface area contributed by atoms with Gasteiger partial charge in [-0.1, -0.05) is 12.1 Å². The topological polar surface area (TPSA) is 58.6 Å². The van der Waals surface area contributed by atoms with Crippen molar-refractivity contribution in [3.8, 4) is 5.75 Å². The lowest BCUT2D eigenvalue weighted by Crippen LogP contribution is -2.25. The van der Waals surface area contributed by atoms with Crippen LogP contribution in [-0.2, 0) is 4.79 Å². The van der Waals surface area contributed by atoms with Crippen molar-refractivity contribution in [1.82, 2.24) is 5.32 Å². The van der Waals surface area contributed by atoms with Crippen LogP contribution in [0.3, 0.4) is 0 Å². The summed E-state index contributed by atoms with van der Waals surface area (Å²) in [6, 6.07) is 7.13. The summed E-state index contributed by atoms with van der Waals surface area (Å²) in [6.07, 6.45) is -0.705. The first kappa shape index (κ1) is 11.5. The van der Waals surface area contributed by atoms with Gasteiger partial charge in [-0.15, -0.1) is 0 Å². The minimum absolute atomic E-state index is 0.156. The van der Waals surface area contributed by atoms with Crippen molar-refractivity contribution in [1.29, 1.82) is 0 Å². The van der Waals surface area contributed by atoms with Crippen molar-refractivity contribution < 1.29 is 14.6 Å². The molecule has 1 atom stereocenters. The number of amides is 1. The van der Waals surface area contributed by atoms with Crippen LogP contribution in [0.4, 0.5) is 0 Å². The highest BCUT2D eigenvalue weighted by Crippen LogP contribution is 2.18. The summed E-state index contributed by atoms with van der Waals surface area (Å²) >= 11 is 0. The van der Waals surface area contributed by atoms with E-state index in [2.05, 4.69) is 5.32 Å². The molecular weight excluding hydrogens is 194 g/mol. The van der Waals surface area contributed by atoms with E-state index in [1.165, 1.54) is 6.92 Å². The molecule has 0 saturated carbocycles. The third-order valence-electron chi connectivity index (χ3n) is 2.02. The number of nitrogens with one attached hydrogen (secondary N) is 1. The average Bonchev–Trinajstić information content (AvgIpc) is 2.26. The van der Waals surface area contributed by atoms with Crippen LogP contribution in [0.25, 0.3) is 0 Å². The Hall–Kier alpha value is -1.55. The number of methoxy groups -OCH3 is 1. The molecule has 1 amide bonds. The number of carbonyl (C=O) groups is 1. The molecule has 2 N–H and O–H groups in total. The van der Waals surface area contributed by atoms with Crippen molar-refractivity contribution in [2.24, 2.45) is 0 Å². The monoisotopic (exact) mass is 209 g/mol. The fourth-order valence-electron chi connectivity index (χ4n) is 1.21. The molecule has 1 rings (SSSR count). The Morgan fingerprint density at radius 2 is 2.33 bits per heavy atom. The Labute approximate surface area is 88.9 Å². The van der Waals surface area contributed by atoms with E-state index in [1.807, 2.05) is 0 Å². The molecular formula is C11H15NO3. The van der Waals surface area contributed by atoms with Gasteiger partial charge in [0.1, 0.15) is 5.75 Å². The van der Waals surface area contributed by atoms with Crippen LogP contribution in [0.2, 0.25) is 0 Å². The van der Waals surface area contributed by atoms with E-state index in [-0.39, 0.29) is 12.5 Å². The largest absolute Gasteiger partial charge is 0.497 e. The van der Waals surface area contributed by atoms with Crippen LogP contribution in [0.5, 0.6) is 5.75 Å². The first-order chi connectivity index (χ1) is 7.13. The summed E-state index contributed by atoms with van der Waals surface area (Å²) in [5.74, 6) is 0.534. The smallest absolute Gasteiger partial charge is 0.216 e. The second-order valence-corrected chi connectivity index (χ2v) is 3.23. The predicted molar refractivity (Wildman–Crippen MR) is 56.6 cm³/mol. The van der Waals surface area contributed by atoms with Gasteiger partial charge in [-0.3, -0.25) is 4.79 Å². The predicted octanol–water partition coefficient (Wildman–Crippen LogP) is 0.865. The minimum atomic E-state index is -0.705. The van der Waals surface area contributed by atoms with Crippen molar-refractivity contribution >= 4 is 5.91 Å². The van der Waals surface area contributed by atoms with E-state index in [4.69, 9.17) is 4.74 Å². The lowest BCUT2D eigenvalue weighted by Gasteiger charge is -2.12. The standard InChI is InChI=1S/C11H15NO3/c1-8(13)12-7-11(14)9-4-3-5-10(6-9)15-2/h3-6,11,14H,7H2,1-2H3,(H,12,13). The maximum atomic E-state index is 10.7. The number of hydrogen-bond acceptors (Lipinski definition) is 3. The van der Waals surface area contributed by atoms with Crippen LogP contribution < -0.4 is 10.1 Å². The zero-order valence-electron chi connectivity index (χ0n) is 8.86. The van der Waals surface area contributed by atoms with Crippen LogP contribution in [0.15, 0.2) is 24.3 Å². The molecule has 0 radical (unpaired) electrons. The number of hydrogen-bond donors (Lipinski definition) is 2. The molecule has 15 heavy (non-hydrogen) atoms. The fraction of sp³-hybridized carbons (Fsp3) is 0.364. The van der Waals surface area contributed by atoms with Crippen LogP contribution in [0.1, 0.15) is 18.6 Å². The van der Waals surface area contributed by atoms with Crippen LogP contribution >= 0.6 is 0 Å². The summed E-state index contributed by atoms with van der Waals surface area (Å²) in [5, 5.41) is 12.3. The summed E-state index contributed by atoms with van der Waals surface area (Å²) in [4.78, 5) is 10.7. The first-order valence-electron chi connectivity index (χ1n) is 4.70. The van der Waals surface area contributed by atoms with E-state index in [0.29, 0.717) is 5.75 Å². The zero-order valence-corrected chi connectivity index (χ0v) is 8.86. The van der Waals surface area contributed by atoms with Crippen LogP contribution in [-0.4, -0.2) is 24.7 Å². The molecule has 0 heterocycles. The Balaban J connectivity index is 2.64. The highest BCUT2D eigenvalue weighted by molar-refractivity contribution is 5.72. The Bertz CT molecular complexity index is 338. The quantitative estimate of drug-likeness (QED) is 0.773. The molecule has 4 nitrogen and oxygen atoms in total. The number of carbonyl (C=O) groups excluding carboxylic acids is 1. The van der Waals surface area contributed by atoms with Gasteiger partial charge in [0.05, 0.1) is 13.2 Å². The van der Waals surface area contributed by atoms with Crippen molar-refractivity contribution in [2.45, 2.75) is 13.0 Å². The molecule has 1 aromatic carbocycles. The highest BCUT2D eigenvalue weighted by atomic mass is 16.5. The maximum Gasteiger partial charge on any atom is 0.216 e. The molecule has 0 aliphatic heterocycles. The molecule has 0 spiro atoms. The molecule has 1 unspecified atom stereocenters. The summed E-state index contributed by atoms with van der Waals surface area (Å²) in [7, 11) is 1.57. The van der Waals surface area contributed by atoms with E-state index >= 15 is 0 Å². The Morgan fingerprint density at radius 3 is 2.93 bits per heavy atom. The minimum Gasteiger partial charge on any atom is -0.497 e. The molecule has 0 saturated heterocycles. The molecule has 0 fully saturated rings. The summed E-state index contributed by atoms with van der Waals surface area (Å²) in [5.41, 5.74) is 0.725. The van der Waals surface area contributed by atoms with Gasteiger partial charge in [0.15, 0.2) is 0 Å². The molecule has 0 aliphatic rings. The van der Waals surface area contributed by atoms with Gasteiger partial charge in [-0.2, -0.15) is 0 Å². The van der Waals surface area contributed by atoms with Gasteiger partial charge < -0.3 is 15.2 Å². The van der Waals surface area contributed by atoms with E-state index in [1.54, 1.807) is 31.4 Å². The molecule has 1 aromatic rings. The molecule has 82 valence electrons. The lowest BCUT2D eigenvalue weighted by molar-refractivity contribution is -0.119. The second kappa shape index (κ2) is 5.36. The maximum absolute atomic E-state index is 10.7. The van der Waals surface area contributed by atoms with Crippen LogP contribution in [0, 0.1) is 0 Å². The van der Waals surface area contributed by atoms with Crippen molar-refractivity contribution in [2.75, 3.05) is 13.7 Å². The van der Waals surface area contributed by atoms with Gasteiger partial charge in [-0.25, -0.2) is 0 Å². The van der Waals surface area contributed by atoms with Gasteiger partial charge >= 0.3 is 0 Å². The Morgan fingerprint density at radius 1 is 1.60 bits per heavy atom. The van der Waals surface area contributed by atoms with Gasteiger partial charge in [0, 0.05) is 13.5 Å². The number of ether oxygens (including phenoxy) is 1. The second-order valence-electron chi connectivity index (χ2n) is 3.23. The Kier molecular flexibility index (Phi) is 4.12. The van der Waals surface area contributed by atoms with Crippen molar-refractivity contribution in [3.05, 3.63) is 29.8 Å². The summed E-state index contributed by atoms with van der Waals surface area (Å²) < 4.78 is 5.03. The number of aliphatic hydroxyl groups excluding tert-OH is 1. The molecule has 4 heteroatoms. The number of aliphatic hydroxyl groups is 1. The van der Waals surface area contributed by atoms with Gasteiger partial charge in [-0.05, 0) is 17.7 Å². The lowest BCUT2D eigenvalue weighted by atomic mass is 10.1. The SMILES string of the molecule is COc1cccc(C(O)CNC(C)=O)c1. The molecule has 0 aliphatic carbocycles.